The SMILES string of the molecule is Cc1ccc(C(=O)Nc2ccc(C(=O)N3CCCC(C(=O)NCC(C)C)C3)cc2)cc1. The highest BCUT2D eigenvalue weighted by Crippen LogP contribution is 2.20. The number of aryl methyl sites for hydroxylation is 1. The van der Waals surface area contributed by atoms with E-state index < -0.39 is 0 Å². The van der Waals surface area contributed by atoms with Crippen molar-refractivity contribution >= 4 is 23.4 Å². The van der Waals surface area contributed by atoms with E-state index in [-0.39, 0.29) is 23.6 Å². The number of carbonyl (C=O) groups is 3. The minimum Gasteiger partial charge on any atom is -0.356 e. The van der Waals surface area contributed by atoms with E-state index in [0.717, 1.165) is 18.4 Å². The van der Waals surface area contributed by atoms with E-state index in [1.165, 1.54) is 0 Å². The van der Waals surface area contributed by atoms with Gasteiger partial charge in [-0.25, -0.2) is 0 Å². The van der Waals surface area contributed by atoms with Crippen molar-refractivity contribution in [2.24, 2.45) is 11.8 Å². The van der Waals surface area contributed by atoms with Crippen molar-refractivity contribution in [1.82, 2.24) is 10.2 Å². The van der Waals surface area contributed by atoms with E-state index in [2.05, 4.69) is 24.5 Å². The van der Waals surface area contributed by atoms with Crippen LogP contribution in [0, 0.1) is 18.8 Å². The van der Waals surface area contributed by atoms with E-state index in [1.807, 2.05) is 19.1 Å². The predicted molar refractivity (Wildman–Crippen MR) is 122 cm³/mol. The fourth-order valence-corrected chi connectivity index (χ4v) is 3.61. The van der Waals surface area contributed by atoms with E-state index in [0.29, 0.717) is 42.4 Å². The van der Waals surface area contributed by atoms with Gasteiger partial charge in [-0.05, 0) is 62.1 Å². The number of likely N-dealkylation sites (tertiary alicyclic amines) is 1. The molecule has 2 aromatic carbocycles. The molecule has 1 unspecified atom stereocenters. The zero-order valence-electron chi connectivity index (χ0n) is 18.5. The number of nitrogens with one attached hydrogen (secondary N) is 2. The van der Waals surface area contributed by atoms with Crippen LogP contribution in [0.4, 0.5) is 5.69 Å². The number of nitrogens with zero attached hydrogens (tertiary/aromatic N) is 1. The second-order valence-electron chi connectivity index (χ2n) is 8.63. The summed E-state index contributed by atoms with van der Waals surface area (Å²) in [5.74, 6) is -0.0108. The van der Waals surface area contributed by atoms with Gasteiger partial charge in [-0.2, -0.15) is 0 Å². The molecule has 3 rings (SSSR count). The van der Waals surface area contributed by atoms with Crippen LogP contribution in [-0.4, -0.2) is 42.3 Å². The van der Waals surface area contributed by atoms with Gasteiger partial charge in [0.1, 0.15) is 0 Å². The highest BCUT2D eigenvalue weighted by Gasteiger charge is 2.28. The maximum absolute atomic E-state index is 12.9. The minimum absolute atomic E-state index is 0.0281. The van der Waals surface area contributed by atoms with Crippen molar-refractivity contribution < 1.29 is 14.4 Å². The third-order valence-electron chi connectivity index (χ3n) is 5.47. The summed E-state index contributed by atoms with van der Waals surface area (Å²) in [5.41, 5.74) is 2.86. The molecule has 6 nitrogen and oxygen atoms in total. The zero-order chi connectivity index (χ0) is 22.4. The Balaban J connectivity index is 1.58. The molecule has 0 spiro atoms. The Labute approximate surface area is 184 Å². The van der Waals surface area contributed by atoms with Gasteiger partial charge in [0.05, 0.1) is 5.92 Å². The lowest BCUT2D eigenvalue weighted by molar-refractivity contribution is -0.126. The van der Waals surface area contributed by atoms with Gasteiger partial charge < -0.3 is 15.5 Å². The summed E-state index contributed by atoms with van der Waals surface area (Å²) < 4.78 is 0. The average molecular weight is 422 g/mol. The van der Waals surface area contributed by atoms with Gasteiger partial charge in [-0.15, -0.1) is 0 Å². The van der Waals surface area contributed by atoms with Crippen molar-refractivity contribution in [3.63, 3.8) is 0 Å². The zero-order valence-corrected chi connectivity index (χ0v) is 18.5. The monoisotopic (exact) mass is 421 g/mol. The molecule has 1 atom stereocenters. The molecule has 0 saturated carbocycles. The number of rotatable bonds is 6. The molecule has 1 heterocycles. The highest BCUT2D eigenvalue weighted by atomic mass is 16.2. The minimum atomic E-state index is -0.189. The number of piperidine rings is 1. The fraction of sp³-hybridized carbons (Fsp3) is 0.400. The molecule has 0 radical (unpaired) electrons. The predicted octanol–water partition coefficient (Wildman–Crippen LogP) is 3.87. The standard InChI is InChI=1S/C25H31N3O3/c1-17(2)15-26-23(29)21-5-4-14-28(16-21)25(31)20-10-12-22(13-11-20)27-24(30)19-8-6-18(3)7-9-19/h6-13,17,21H,4-5,14-16H2,1-3H3,(H,26,29)(H,27,30). The number of amides is 3. The van der Waals surface area contributed by atoms with Crippen molar-refractivity contribution in [2.45, 2.75) is 33.6 Å². The molecule has 1 fully saturated rings. The van der Waals surface area contributed by atoms with Gasteiger partial charge in [-0.3, -0.25) is 14.4 Å². The van der Waals surface area contributed by atoms with E-state index >= 15 is 0 Å². The number of hydrogen-bond donors (Lipinski definition) is 2. The first-order valence-corrected chi connectivity index (χ1v) is 10.9. The van der Waals surface area contributed by atoms with E-state index in [4.69, 9.17) is 0 Å². The van der Waals surface area contributed by atoms with Gasteiger partial charge in [0.2, 0.25) is 5.91 Å². The molecule has 2 N–H and O–H groups in total. The lowest BCUT2D eigenvalue weighted by atomic mass is 9.96. The van der Waals surface area contributed by atoms with Gasteiger partial charge >= 0.3 is 0 Å². The molecule has 1 aliphatic rings. The Morgan fingerprint density at radius 1 is 1.00 bits per heavy atom. The van der Waals surface area contributed by atoms with Crippen LogP contribution in [0.1, 0.15) is 53.0 Å². The number of anilines is 1. The Bertz CT molecular complexity index is 920. The topological polar surface area (TPSA) is 78.5 Å². The maximum atomic E-state index is 12.9. The first kappa shape index (κ1) is 22.5. The number of benzene rings is 2. The molecule has 0 aliphatic carbocycles. The molecule has 2 aromatic rings. The lowest BCUT2D eigenvalue weighted by Crippen LogP contribution is -2.46. The number of carbonyl (C=O) groups excluding carboxylic acids is 3. The Hall–Kier alpha value is -3.15. The molecule has 0 aromatic heterocycles. The summed E-state index contributed by atoms with van der Waals surface area (Å²) in [7, 11) is 0. The highest BCUT2D eigenvalue weighted by molar-refractivity contribution is 6.04. The first-order chi connectivity index (χ1) is 14.8. The fourth-order valence-electron chi connectivity index (χ4n) is 3.61. The van der Waals surface area contributed by atoms with Crippen molar-refractivity contribution in [1.29, 1.82) is 0 Å². The summed E-state index contributed by atoms with van der Waals surface area (Å²) in [6.07, 6.45) is 1.62. The summed E-state index contributed by atoms with van der Waals surface area (Å²) in [6, 6.07) is 14.3. The summed E-state index contributed by atoms with van der Waals surface area (Å²) in [6.45, 7) is 7.83. The van der Waals surface area contributed by atoms with Gasteiger partial charge in [-0.1, -0.05) is 31.5 Å². The number of hydrogen-bond acceptors (Lipinski definition) is 3. The summed E-state index contributed by atoms with van der Waals surface area (Å²) in [4.78, 5) is 39.4. The van der Waals surface area contributed by atoms with E-state index in [1.54, 1.807) is 41.3 Å². The second kappa shape index (κ2) is 10.2. The Morgan fingerprint density at radius 2 is 1.65 bits per heavy atom. The van der Waals surface area contributed by atoms with Crippen LogP contribution in [0.25, 0.3) is 0 Å². The average Bonchev–Trinajstić information content (AvgIpc) is 2.78. The first-order valence-electron chi connectivity index (χ1n) is 10.9. The molecule has 6 heteroatoms. The van der Waals surface area contributed by atoms with Crippen LogP contribution >= 0.6 is 0 Å². The third kappa shape index (κ3) is 6.17. The smallest absolute Gasteiger partial charge is 0.255 e. The summed E-state index contributed by atoms with van der Waals surface area (Å²) in [5, 5.41) is 5.83. The summed E-state index contributed by atoms with van der Waals surface area (Å²) >= 11 is 0. The van der Waals surface area contributed by atoms with Crippen molar-refractivity contribution in [2.75, 3.05) is 25.0 Å². The molecular weight excluding hydrogens is 390 g/mol. The van der Waals surface area contributed by atoms with E-state index in [9.17, 15) is 14.4 Å². The normalized spacial score (nSPS) is 16.1. The molecule has 3 amide bonds. The van der Waals surface area contributed by atoms with Gasteiger partial charge in [0, 0.05) is 36.4 Å². The van der Waals surface area contributed by atoms with Crippen molar-refractivity contribution in [3.05, 3.63) is 65.2 Å². The van der Waals surface area contributed by atoms with Crippen LogP contribution in [0.3, 0.4) is 0 Å². The lowest BCUT2D eigenvalue weighted by Gasteiger charge is -2.32. The Morgan fingerprint density at radius 3 is 2.29 bits per heavy atom. The molecule has 1 aliphatic heterocycles. The van der Waals surface area contributed by atoms with Crippen LogP contribution in [0.2, 0.25) is 0 Å². The molecule has 0 bridgehead atoms. The quantitative estimate of drug-likeness (QED) is 0.743. The van der Waals surface area contributed by atoms with Crippen LogP contribution in [0.5, 0.6) is 0 Å². The van der Waals surface area contributed by atoms with Crippen molar-refractivity contribution in [3.8, 4) is 0 Å². The molecule has 31 heavy (non-hydrogen) atoms. The van der Waals surface area contributed by atoms with Crippen LogP contribution in [-0.2, 0) is 4.79 Å². The second-order valence-corrected chi connectivity index (χ2v) is 8.63. The molecule has 1 saturated heterocycles. The van der Waals surface area contributed by atoms with Gasteiger partial charge in [0.25, 0.3) is 11.8 Å². The van der Waals surface area contributed by atoms with Crippen LogP contribution in [0.15, 0.2) is 48.5 Å². The molecular formula is C25H31N3O3. The van der Waals surface area contributed by atoms with Crippen LogP contribution < -0.4 is 10.6 Å². The van der Waals surface area contributed by atoms with Gasteiger partial charge in [0.15, 0.2) is 0 Å². The Kier molecular flexibility index (Phi) is 7.45. The maximum Gasteiger partial charge on any atom is 0.255 e. The largest absolute Gasteiger partial charge is 0.356 e. The third-order valence-corrected chi connectivity index (χ3v) is 5.47. The molecule has 164 valence electrons.